The Morgan fingerprint density at radius 1 is 1.27 bits per heavy atom. The number of fused-ring (bicyclic) bond motifs is 1. The van der Waals surface area contributed by atoms with Crippen molar-refractivity contribution in [3.8, 4) is 0 Å². The van der Waals surface area contributed by atoms with Crippen LogP contribution in [0.1, 0.15) is 24.2 Å². The van der Waals surface area contributed by atoms with Gasteiger partial charge in [0, 0.05) is 10.0 Å². The molecule has 0 aliphatic carbocycles. The molecule has 1 aromatic carbocycles. The van der Waals surface area contributed by atoms with E-state index in [-0.39, 0.29) is 11.7 Å². The van der Waals surface area contributed by atoms with Gasteiger partial charge in [0.25, 0.3) is 0 Å². The molecule has 0 saturated heterocycles. The van der Waals surface area contributed by atoms with Crippen LogP contribution in [0.25, 0.3) is 0 Å². The Balaban J connectivity index is 2.62. The Morgan fingerprint density at radius 2 is 1.93 bits per heavy atom. The number of nitrogens with one attached hydrogen (secondary N) is 1. The number of carbonyl (C=O) groups excluding carboxylic acids is 2. The Morgan fingerprint density at radius 3 is 2.60 bits per heavy atom. The Hall–Kier alpha value is -1.16. The Labute approximate surface area is 96.0 Å². The van der Waals surface area contributed by atoms with E-state index in [0.717, 1.165) is 4.47 Å². The van der Waals surface area contributed by atoms with Gasteiger partial charge in [-0.25, -0.2) is 0 Å². The lowest BCUT2D eigenvalue weighted by molar-refractivity contribution is -0.122. The summed E-state index contributed by atoms with van der Waals surface area (Å²) in [5, 5.41) is 2.73. The van der Waals surface area contributed by atoms with Gasteiger partial charge in [0.05, 0.1) is 5.69 Å². The summed E-state index contributed by atoms with van der Waals surface area (Å²) >= 11 is 3.31. The summed E-state index contributed by atoms with van der Waals surface area (Å²) in [5.74, 6) is -0.384. The molecular formula is C11H10BrNO2. The normalized spacial score (nSPS) is 18.3. The third kappa shape index (κ3) is 1.49. The zero-order valence-corrected chi connectivity index (χ0v) is 10.0. The van der Waals surface area contributed by atoms with Gasteiger partial charge in [0.1, 0.15) is 5.41 Å². The molecule has 0 fully saturated rings. The summed E-state index contributed by atoms with van der Waals surface area (Å²) < 4.78 is 0.835. The number of amides is 1. The number of anilines is 1. The number of Topliss-reactive ketones (excluding diaryl/α,β-unsaturated/α-hetero) is 1. The second-order valence-corrected chi connectivity index (χ2v) is 5.01. The van der Waals surface area contributed by atoms with E-state index in [9.17, 15) is 9.59 Å². The molecule has 1 aromatic rings. The molecule has 78 valence electrons. The van der Waals surface area contributed by atoms with Crippen molar-refractivity contribution in [3.63, 3.8) is 0 Å². The van der Waals surface area contributed by atoms with Crippen LogP contribution in [-0.4, -0.2) is 11.7 Å². The van der Waals surface area contributed by atoms with Crippen molar-refractivity contribution >= 4 is 33.3 Å². The van der Waals surface area contributed by atoms with Crippen LogP contribution in [0.5, 0.6) is 0 Å². The van der Waals surface area contributed by atoms with Crippen LogP contribution in [-0.2, 0) is 4.79 Å². The number of benzene rings is 1. The molecular weight excluding hydrogens is 258 g/mol. The van der Waals surface area contributed by atoms with E-state index < -0.39 is 5.41 Å². The summed E-state index contributed by atoms with van der Waals surface area (Å²) in [6.45, 7) is 3.27. The lowest BCUT2D eigenvalue weighted by Crippen LogP contribution is -2.42. The van der Waals surface area contributed by atoms with Gasteiger partial charge >= 0.3 is 0 Å². The molecule has 0 aromatic heterocycles. The van der Waals surface area contributed by atoms with Gasteiger partial charge in [-0.15, -0.1) is 0 Å². The maximum Gasteiger partial charge on any atom is 0.237 e. The third-order valence-corrected chi connectivity index (χ3v) is 3.10. The van der Waals surface area contributed by atoms with Crippen LogP contribution in [0.4, 0.5) is 5.69 Å². The zero-order chi connectivity index (χ0) is 11.2. The van der Waals surface area contributed by atoms with Gasteiger partial charge in [-0.05, 0) is 32.0 Å². The van der Waals surface area contributed by atoms with Crippen LogP contribution < -0.4 is 5.32 Å². The first-order valence-corrected chi connectivity index (χ1v) is 5.38. The predicted octanol–water partition coefficient (Wildman–Crippen LogP) is 2.61. The van der Waals surface area contributed by atoms with Gasteiger partial charge in [-0.1, -0.05) is 15.9 Å². The standard InChI is InChI=1S/C11H10BrNO2/c1-11(2)9(14)7-5-6(12)3-4-8(7)13-10(11)15/h3-5H,1-2H3,(H,13,15). The molecule has 1 aliphatic rings. The molecule has 0 saturated carbocycles. The number of hydrogen-bond donors (Lipinski definition) is 1. The third-order valence-electron chi connectivity index (χ3n) is 2.61. The molecule has 1 heterocycles. The number of carbonyl (C=O) groups is 2. The topological polar surface area (TPSA) is 46.2 Å². The average molecular weight is 268 g/mol. The molecule has 0 bridgehead atoms. The highest BCUT2D eigenvalue weighted by Gasteiger charge is 2.41. The van der Waals surface area contributed by atoms with Crippen molar-refractivity contribution in [2.24, 2.45) is 5.41 Å². The monoisotopic (exact) mass is 267 g/mol. The largest absolute Gasteiger partial charge is 0.325 e. The highest BCUT2D eigenvalue weighted by molar-refractivity contribution is 9.10. The molecule has 1 aliphatic heterocycles. The lowest BCUT2D eigenvalue weighted by Gasteiger charge is -2.28. The van der Waals surface area contributed by atoms with Gasteiger partial charge < -0.3 is 5.32 Å². The van der Waals surface area contributed by atoms with Crippen LogP contribution in [0.3, 0.4) is 0 Å². The minimum atomic E-state index is -0.978. The summed E-state index contributed by atoms with van der Waals surface area (Å²) in [7, 11) is 0. The fourth-order valence-electron chi connectivity index (χ4n) is 1.53. The Kier molecular flexibility index (Phi) is 2.19. The van der Waals surface area contributed by atoms with Crippen molar-refractivity contribution < 1.29 is 9.59 Å². The van der Waals surface area contributed by atoms with E-state index in [4.69, 9.17) is 0 Å². The van der Waals surface area contributed by atoms with E-state index in [1.807, 2.05) is 0 Å². The van der Waals surface area contributed by atoms with Crippen LogP contribution in [0, 0.1) is 5.41 Å². The minimum absolute atomic E-state index is 0.137. The van der Waals surface area contributed by atoms with E-state index in [1.165, 1.54) is 0 Å². The maximum atomic E-state index is 12.0. The van der Waals surface area contributed by atoms with Gasteiger partial charge in [-0.2, -0.15) is 0 Å². The van der Waals surface area contributed by atoms with Gasteiger partial charge in [0.15, 0.2) is 5.78 Å². The lowest BCUT2D eigenvalue weighted by atomic mass is 9.80. The molecule has 0 unspecified atom stereocenters. The number of hydrogen-bond acceptors (Lipinski definition) is 2. The Bertz CT molecular complexity index is 466. The first kappa shape index (κ1) is 10.4. The van der Waals surface area contributed by atoms with Crippen LogP contribution in [0.2, 0.25) is 0 Å². The molecule has 1 amide bonds. The van der Waals surface area contributed by atoms with E-state index in [1.54, 1.807) is 32.0 Å². The summed E-state index contributed by atoms with van der Waals surface area (Å²) in [5.41, 5.74) is 0.176. The van der Waals surface area contributed by atoms with Crippen molar-refractivity contribution in [3.05, 3.63) is 28.2 Å². The fraction of sp³-hybridized carbons (Fsp3) is 0.273. The van der Waals surface area contributed by atoms with E-state index in [2.05, 4.69) is 21.2 Å². The second-order valence-electron chi connectivity index (χ2n) is 4.10. The smallest absolute Gasteiger partial charge is 0.237 e. The maximum absolute atomic E-state index is 12.0. The van der Waals surface area contributed by atoms with Crippen LogP contribution >= 0.6 is 15.9 Å². The van der Waals surface area contributed by atoms with E-state index >= 15 is 0 Å². The highest BCUT2D eigenvalue weighted by Crippen LogP contribution is 2.34. The van der Waals surface area contributed by atoms with E-state index in [0.29, 0.717) is 11.3 Å². The highest BCUT2D eigenvalue weighted by atomic mass is 79.9. The van der Waals surface area contributed by atoms with Crippen LogP contribution in [0.15, 0.2) is 22.7 Å². The molecule has 1 N–H and O–H groups in total. The number of ketones is 1. The first-order chi connectivity index (χ1) is 6.93. The fourth-order valence-corrected chi connectivity index (χ4v) is 1.89. The second kappa shape index (κ2) is 3.17. The molecule has 0 spiro atoms. The quantitative estimate of drug-likeness (QED) is 0.735. The molecule has 15 heavy (non-hydrogen) atoms. The molecule has 0 atom stereocenters. The van der Waals surface area contributed by atoms with Crippen molar-refractivity contribution in [2.45, 2.75) is 13.8 Å². The SMILES string of the molecule is CC1(C)C(=O)Nc2ccc(Br)cc2C1=O. The molecule has 0 radical (unpaired) electrons. The zero-order valence-electron chi connectivity index (χ0n) is 8.43. The van der Waals surface area contributed by atoms with Gasteiger partial charge in [0.2, 0.25) is 5.91 Å². The summed E-state index contributed by atoms with van der Waals surface area (Å²) in [4.78, 5) is 23.6. The predicted molar refractivity (Wildman–Crippen MR) is 60.9 cm³/mol. The molecule has 4 heteroatoms. The van der Waals surface area contributed by atoms with Gasteiger partial charge in [-0.3, -0.25) is 9.59 Å². The number of rotatable bonds is 0. The summed E-state index contributed by atoms with van der Waals surface area (Å²) in [6.07, 6.45) is 0. The average Bonchev–Trinajstić information content (AvgIpc) is 2.17. The minimum Gasteiger partial charge on any atom is -0.325 e. The van der Waals surface area contributed by atoms with Crippen molar-refractivity contribution in [1.29, 1.82) is 0 Å². The first-order valence-electron chi connectivity index (χ1n) is 4.59. The summed E-state index contributed by atoms with van der Waals surface area (Å²) in [6, 6.07) is 5.26. The van der Waals surface area contributed by atoms with Crippen molar-refractivity contribution in [1.82, 2.24) is 0 Å². The molecule has 3 nitrogen and oxygen atoms in total. The number of halogens is 1. The molecule has 2 rings (SSSR count). The van der Waals surface area contributed by atoms with Crippen molar-refractivity contribution in [2.75, 3.05) is 5.32 Å².